The Morgan fingerprint density at radius 1 is 1.11 bits per heavy atom. The van der Waals surface area contributed by atoms with Crippen LogP contribution in [0.5, 0.6) is 0 Å². The summed E-state index contributed by atoms with van der Waals surface area (Å²) in [7, 11) is 0. The number of hydrogen-bond acceptors (Lipinski definition) is 4. The van der Waals surface area contributed by atoms with Crippen molar-refractivity contribution in [2.45, 2.75) is 45.6 Å². The number of fused-ring (bicyclic) bond motifs is 1. The summed E-state index contributed by atoms with van der Waals surface area (Å²) >= 11 is 0. The first-order valence-corrected chi connectivity index (χ1v) is 13.1. The number of carbonyl (C=O) groups excluding carboxylic acids is 1. The Labute approximate surface area is 219 Å². The number of aryl methyl sites for hydroxylation is 1. The fourth-order valence-corrected chi connectivity index (χ4v) is 4.85. The highest BCUT2D eigenvalue weighted by Gasteiger charge is 2.28. The zero-order valence-corrected chi connectivity index (χ0v) is 21.7. The van der Waals surface area contributed by atoms with Crippen LogP contribution in [0.3, 0.4) is 0 Å². The number of hydrogen-bond donors (Lipinski definition) is 0. The fraction of sp³-hybridized carbons (Fsp3) is 0.323. The molecule has 1 fully saturated rings. The molecule has 0 bridgehead atoms. The van der Waals surface area contributed by atoms with Crippen LogP contribution in [-0.4, -0.2) is 46.5 Å². The minimum absolute atomic E-state index is 0.0141. The Bertz CT molecular complexity index is 1300. The third-order valence-corrected chi connectivity index (χ3v) is 6.85. The first-order valence-electron chi connectivity index (χ1n) is 13.1. The van der Waals surface area contributed by atoms with Gasteiger partial charge in [0, 0.05) is 42.5 Å². The summed E-state index contributed by atoms with van der Waals surface area (Å²) in [6, 6.07) is 15.9. The predicted octanol–water partition coefficient (Wildman–Crippen LogP) is 6.77. The average molecular weight is 499 g/mol. The Balaban J connectivity index is 1.61. The van der Waals surface area contributed by atoms with Crippen molar-refractivity contribution in [1.82, 2.24) is 14.9 Å². The van der Waals surface area contributed by atoms with Gasteiger partial charge in [-0.25, -0.2) is 14.4 Å². The maximum absolute atomic E-state index is 13.5. The zero-order valence-electron chi connectivity index (χ0n) is 21.7. The van der Waals surface area contributed by atoms with Crippen LogP contribution in [0.2, 0.25) is 0 Å². The number of piperazine rings is 1. The lowest BCUT2D eigenvalue weighted by Gasteiger charge is -2.41. The van der Waals surface area contributed by atoms with E-state index in [1.807, 2.05) is 41.3 Å². The molecule has 1 aliphatic heterocycles. The van der Waals surface area contributed by atoms with E-state index >= 15 is 0 Å². The Morgan fingerprint density at radius 3 is 2.62 bits per heavy atom. The van der Waals surface area contributed by atoms with Crippen LogP contribution in [0.1, 0.15) is 54.9 Å². The van der Waals surface area contributed by atoms with E-state index in [0.717, 1.165) is 50.0 Å². The van der Waals surface area contributed by atoms with Gasteiger partial charge in [0.1, 0.15) is 0 Å². The number of allylic oxidation sites excluding steroid dienone is 4. The molecule has 37 heavy (non-hydrogen) atoms. The summed E-state index contributed by atoms with van der Waals surface area (Å²) in [6.45, 7) is 10.4. The van der Waals surface area contributed by atoms with Crippen molar-refractivity contribution in [3.8, 4) is 0 Å². The Kier molecular flexibility index (Phi) is 8.83. The lowest BCUT2D eigenvalue weighted by molar-refractivity contribution is 0.0674. The van der Waals surface area contributed by atoms with E-state index in [2.05, 4.69) is 37.5 Å². The third kappa shape index (κ3) is 6.13. The van der Waals surface area contributed by atoms with Crippen molar-refractivity contribution in [2.24, 2.45) is 0 Å². The van der Waals surface area contributed by atoms with Gasteiger partial charge in [0.25, 0.3) is 5.91 Å². The molecular formula is C31H35FN4O. The maximum Gasteiger partial charge on any atom is 0.254 e. The molecule has 0 aliphatic carbocycles. The molecule has 0 radical (unpaired) electrons. The van der Waals surface area contributed by atoms with Gasteiger partial charge >= 0.3 is 0 Å². The molecule has 1 atom stereocenters. The minimum Gasteiger partial charge on any atom is -0.368 e. The SMILES string of the molecule is C=C/C(=C\C=C\F)c1nc2ccc(C(=O)N3CCN(c4ccccc4)CC3C)cc2nc1CCCCC. The van der Waals surface area contributed by atoms with E-state index < -0.39 is 0 Å². The second kappa shape index (κ2) is 12.4. The molecule has 5 nitrogen and oxygen atoms in total. The van der Waals surface area contributed by atoms with E-state index in [9.17, 15) is 9.18 Å². The van der Waals surface area contributed by atoms with Crippen molar-refractivity contribution in [2.75, 3.05) is 24.5 Å². The second-order valence-corrected chi connectivity index (χ2v) is 9.45. The molecule has 6 heteroatoms. The molecule has 2 aromatic carbocycles. The molecule has 2 heterocycles. The smallest absolute Gasteiger partial charge is 0.254 e. The molecule has 1 unspecified atom stereocenters. The monoisotopic (exact) mass is 498 g/mol. The number of nitrogens with zero attached hydrogens (tertiary/aromatic N) is 4. The summed E-state index contributed by atoms with van der Waals surface area (Å²) in [5.74, 6) is 0.0141. The fourth-order valence-electron chi connectivity index (χ4n) is 4.85. The van der Waals surface area contributed by atoms with Crippen molar-refractivity contribution in [3.63, 3.8) is 0 Å². The van der Waals surface area contributed by atoms with Crippen molar-refractivity contribution in [1.29, 1.82) is 0 Å². The Hall–Kier alpha value is -3.80. The number of carbonyl (C=O) groups is 1. The number of benzene rings is 2. The van der Waals surface area contributed by atoms with Gasteiger partial charge in [0.15, 0.2) is 0 Å². The van der Waals surface area contributed by atoms with Gasteiger partial charge in [-0.2, -0.15) is 0 Å². The number of rotatable bonds is 9. The van der Waals surface area contributed by atoms with Gasteiger partial charge in [-0.15, -0.1) is 0 Å². The summed E-state index contributed by atoms with van der Waals surface area (Å²) in [4.78, 5) is 27.6. The molecule has 192 valence electrons. The van der Waals surface area contributed by atoms with Gasteiger partial charge in [0.05, 0.1) is 28.8 Å². The van der Waals surface area contributed by atoms with Crippen LogP contribution in [0, 0.1) is 0 Å². The third-order valence-electron chi connectivity index (χ3n) is 6.85. The lowest BCUT2D eigenvalue weighted by atomic mass is 10.0. The first-order chi connectivity index (χ1) is 18.0. The van der Waals surface area contributed by atoms with E-state index in [0.29, 0.717) is 35.2 Å². The molecule has 0 spiro atoms. The van der Waals surface area contributed by atoms with Crippen LogP contribution in [0.25, 0.3) is 16.6 Å². The highest BCUT2D eigenvalue weighted by atomic mass is 19.1. The summed E-state index contributed by atoms with van der Waals surface area (Å²) in [5, 5.41) is 0. The van der Waals surface area contributed by atoms with E-state index in [1.54, 1.807) is 12.2 Å². The van der Waals surface area contributed by atoms with E-state index in [-0.39, 0.29) is 11.9 Å². The van der Waals surface area contributed by atoms with Gasteiger partial charge in [-0.3, -0.25) is 4.79 Å². The van der Waals surface area contributed by atoms with Gasteiger partial charge in [0.2, 0.25) is 0 Å². The Morgan fingerprint density at radius 2 is 1.92 bits per heavy atom. The van der Waals surface area contributed by atoms with Crippen molar-refractivity contribution >= 4 is 28.2 Å². The largest absolute Gasteiger partial charge is 0.368 e. The molecule has 4 rings (SSSR count). The van der Waals surface area contributed by atoms with E-state index in [1.165, 1.54) is 11.8 Å². The molecule has 0 saturated carbocycles. The van der Waals surface area contributed by atoms with Crippen molar-refractivity contribution in [3.05, 3.63) is 96.6 Å². The topological polar surface area (TPSA) is 49.3 Å². The second-order valence-electron chi connectivity index (χ2n) is 9.45. The maximum atomic E-state index is 13.5. The van der Waals surface area contributed by atoms with Crippen LogP contribution < -0.4 is 4.90 Å². The molecular weight excluding hydrogens is 463 g/mol. The zero-order chi connectivity index (χ0) is 26.2. The standard InChI is InChI=1S/C31H35FN4O/c1-4-6-8-15-28-30(24(5-2)12-11-18-32)34-27-17-16-25(21-29(27)33-28)31(37)36-20-19-35(22-23(36)3)26-13-9-7-10-14-26/h5,7,9-14,16-18,21,23H,2,4,6,8,15,19-20,22H2,1,3H3/b18-11+,24-12+. The summed E-state index contributed by atoms with van der Waals surface area (Å²) in [5.41, 5.74) is 5.47. The average Bonchev–Trinajstić information content (AvgIpc) is 2.93. The first kappa shape index (κ1) is 26.3. The van der Waals surface area contributed by atoms with Crippen LogP contribution in [0.4, 0.5) is 10.1 Å². The number of para-hydroxylation sites is 1. The van der Waals surface area contributed by atoms with E-state index in [4.69, 9.17) is 9.97 Å². The number of unbranched alkanes of at least 4 members (excludes halogenated alkanes) is 2. The number of amides is 1. The quantitative estimate of drug-likeness (QED) is 0.241. The van der Waals surface area contributed by atoms with Crippen molar-refractivity contribution < 1.29 is 9.18 Å². The normalized spacial score (nSPS) is 16.5. The molecule has 1 saturated heterocycles. The summed E-state index contributed by atoms with van der Waals surface area (Å²) in [6.07, 6.45) is 9.07. The molecule has 3 aromatic rings. The molecule has 0 N–H and O–H groups in total. The number of aromatic nitrogens is 2. The van der Waals surface area contributed by atoms with Crippen LogP contribution >= 0.6 is 0 Å². The number of anilines is 1. The van der Waals surface area contributed by atoms with Gasteiger partial charge in [-0.1, -0.05) is 56.7 Å². The minimum atomic E-state index is 0.0141. The lowest BCUT2D eigenvalue weighted by Crippen LogP contribution is -2.54. The van der Waals surface area contributed by atoms with Crippen LogP contribution in [0.15, 0.2) is 79.7 Å². The van der Waals surface area contributed by atoms with Gasteiger partial charge < -0.3 is 9.80 Å². The molecule has 1 amide bonds. The molecule has 1 aliphatic rings. The van der Waals surface area contributed by atoms with Crippen LogP contribution in [-0.2, 0) is 6.42 Å². The number of halogens is 1. The molecule has 1 aromatic heterocycles. The predicted molar refractivity (Wildman–Crippen MR) is 150 cm³/mol. The van der Waals surface area contributed by atoms with Gasteiger partial charge in [-0.05, 0) is 56.2 Å². The highest BCUT2D eigenvalue weighted by molar-refractivity contribution is 5.98. The summed E-state index contributed by atoms with van der Waals surface area (Å²) < 4.78 is 12.7. The highest BCUT2D eigenvalue weighted by Crippen LogP contribution is 2.25.